The number of nitrogens with zero attached hydrogens (tertiary/aromatic N) is 1. The van der Waals surface area contributed by atoms with Crippen LogP contribution in [-0.2, 0) is 16.0 Å². The minimum Gasteiger partial charge on any atom is -0.481 e. The zero-order chi connectivity index (χ0) is 24.8. The van der Waals surface area contributed by atoms with Crippen LogP contribution in [0.4, 0.5) is 11.8 Å². The van der Waals surface area contributed by atoms with Crippen molar-refractivity contribution >= 4 is 29.6 Å². The number of nitrogens with one attached hydrogen (secondary N) is 3. The van der Waals surface area contributed by atoms with Gasteiger partial charge in [0.25, 0.3) is 11.5 Å². The molecular formula is C23H29N5O6. The third-order valence-corrected chi connectivity index (χ3v) is 6.09. The van der Waals surface area contributed by atoms with Gasteiger partial charge in [0.2, 0.25) is 5.95 Å². The lowest BCUT2D eigenvalue weighted by atomic mass is 9.83. The topological polar surface area (TPSA) is 187 Å². The molecule has 1 aliphatic heterocycles. The number of benzene rings is 1. The number of aromatic amines is 1. The van der Waals surface area contributed by atoms with Gasteiger partial charge in [-0.25, -0.2) is 4.79 Å². The number of anilines is 2. The fraction of sp³-hybridized carbons (Fsp3) is 0.435. The maximum Gasteiger partial charge on any atom is 0.326 e. The van der Waals surface area contributed by atoms with Crippen LogP contribution in [-0.4, -0.2) is 50.6 Å². The number of carbonyl (C=O) groups is 3. The summed E-state index contributed by atoms with van der Waals surface area (Å²) in [6.07, 6.45) is 1.73. The largest absolute Gasteiger partial charge is 0.481 e. The van der Waals surface area contributed by atoms with Crippen LogP contribution in [0.3, 0.4) is 0 Å². The highest BCUT2D eigenvalue weighted by molar-refractivity contribution is 5.96. The Morgan fingerprint density at radius 1 is 1.24 bits per heavy atom. The van der Waals surface area contributed by atoms with E-state index in [-0.39, 0.29) is 36.2 Å². The van der Waals surface area contributed by atoms with E-state index in [2.05, 4.69) is 27.5 Å². The van der Waals surface area contributed by atoms with E-state index in [4.69, 9.17) is 10.8 Å². The second-order valence-corrected chi connectivity index (χ2v) is 8.49. The minimum absolute atomic E-state index is 0.0850. The minimum atomic E-state index is -1.28. The van der Waals surface area contributed by atoms with Crippen molar-refractivity contribution in [3.63, 3.8) is 0 Å². The summed E-state index contributed by atoms with van der Waals surface area (Å²) in [6, 6.07) is 5.68. The molecule has 0 radical (unpaired) electrons. The molecule has 2 aromatic rings. The molecule has 0 saturated carbocycles. The number of rotatable bonds is 10. The van der Waals surface area contributed by atoms with Crippen molar-refractivity contribution in [3.8, 4) is 0 Å². The lowest BCUT2D eigenvalue weighted by Gasteiger charge is -2.28. The molecule has 3 rings (SSSR count). The van der Waals surface area contributed by atoms with Crippen LogP contribution in [0.2, 0.25) is 0 Å². The number of hydrogen-bond donors (Lipinski definition) is 6. The molecule has 11 nitrogen and oxygen atoms in total. The van der Waals surface area contributed by atoms with Gasteiger partial charge in [0.1, 0.15) is 11.9 Å². The molecule has 2 unspecified atom stereocenters. The predicted octanol–water partition coefficient (Wildman–Crippen LogP) is 1.57. The van der Waals surface area contributed by atoms with Crippen molar-refractivity contribution in [2.75, 3.05) is 17.6 Å². The number of aliphatic carboxylic acids is 2. The number of hydrogen-bond acceptors (Lipinski definition) is 7. The van der Waals surface area contributed by atoms with Crippen molar-refractivity contribution in [2.24, 2.45) is 5.92 Å². The molecule has 7 N–H and O–H groups in total. The SMILES string of the molecule is CCC(CC1CNc2nc(N)[nH]c(=O)c2C1)c1ccc(C(=O)N[C@@H](CCC(=O)O)C(=O)O)cc1. The third-order valence-electron chi connectivity index (χ3n) is 6.09. The maximum absolute atomic E-state index is 12.5. The number of H-pyrrole nitrogens is 1. The summed E-state index contributed by atoms with van der Waals surface area (Å²) in [6.45, 7) is 2.75. The second kappa shape index (κ2) is 10.8. The van der Waals surface area contributed by atoms with Crippen LogP contribution in [0.5, 0.6) is 0 Å². The molecule has 182 valence electrons. The van der Waals surface area contributed by atoms with Gasteiger partial charge in [-0.05, 0) is 55.2 Å². The molecule has 3 atom stereocenters. The van der Waals surface area contributed by atoms with Gasteiger partial charge in [-0.3, -0.25) is 19.4 Å². The summed E-state index contributed by atoms with van der Waals surface area (Å²) in [5.74, 6) is -1.94. The third kappa shape index (κ3) is 6.12. The highest BCUT2D eigenvalue weighted by atomic mass is 16.4. The smallest absolute Gasteiger partial charge is 0.326 e. The van der Waals surface area contributed by atoms with Crippen LogP contribution in [0.25, 0.3) is 0 Å². The standard InChI is InChI=1S/C23H29N5O6/c1-2-13(9-12-10-16-19(25-11-12)27-23(24)28-21(16)32)14-3-5-15(6-4-14)20(31)26-17(22(33)34)7-8-18(29)30/h3-6,12-13,17H,2,7-11H2,1H3,(H,26,31)(H,29,30)(H,33,34)(H4,24,25,27,28,32)/t12?,13?,17-/m0/s1. The zero-order valence-corrected chi connectivity index (χ0v) is 18.8. The summed E-state index contributed by atoms with van der Waals surface area (Å²) in [7, 11) is 0. The fourth-order valence-electron chi connectivity index (χ4n) is 4.23. The van der Waals surface area contributed by atoms with Gasteiger partial charge in [-0.15, -0.1) is 0 Å². The highest BCUT2D eigenvalue weighted by Crippen LogP contribution is 2.31. The average Bonchev–Trinajstić information content (AvgIpc) is 2.80. The Morgan fingerprint density at radius 3 is 2.56 bits per heavy atom. The van der Waals surface area contributed by atoms with Crippen LogP contribution >= 0.6 is 0 Å². The molecule has 0 bridgehead atoms. The van der Waals surface area contributed by atoms with Crippen molar-refractivity contribution in [1.29, 1.82) is 0 Å². The number of fused-ring (bicyclic) bond motifs is 1. The van der Waals surface area contributed by atoms with Gasteiger partial charge in [-0.2, -0.15) is 4.98 Å². The monoisotopic (exact) mass is 471 g/mol. The number of aromatic nitrogens is 2. The maximum atomic E-state index is 12.5. The Hall–Kier alpha value is -3.89. The van der Waals surface area contributed by atoms with Crippen LogP contribution in [0.15, 0.2) is 29.1 Å². The van der Waals surface area contributed by atoms with Gasteiger partial charge in [0.05, 0.1) is 5.56 Å². The zero-order valence-electron chi connectivity index (χ0n) is 18.8. The number of carboxylic acids is 2. The van der Waals surface area contributed by atoms with Crippen LogP contribution < -0.4 is 21.9 Å². The van der Waals surface area contributed by atoms with Gasteiger partial charge in [-0.1, -0.05) is 19.1 Å². The Morgan fingerprint density at radius 2 is 1.94 bits per heavy atom. The number of nitrogens with two attached hydrogens (primary N) is 1. The van der Waals surface area contributed by atoms with Gasteiger partial charge in [0, 0.05) is 18.5 Å². The van der Waals surface area contributed by atoms with Gasteiger partial charge < -0.3 is 26.6 Å². The first-order valence-electron chi connectivity index (χ1n) is 11.2. The molecule has 1 aromatic heterocycles. The first-order valence-corrected chi connectivity index (χ1v) is 11.2. The molecule has 0 saturated heterocycles. The fourth-order valence-corrected chi connectivity index (χ4v) is 4.23. The van der Waals surface area contributed by atoms with E-state index in [1.807, 2.05) is 12.1 Å². The van der Waals surface area contributed by atoms with Crippen molar-refractivity contribution in [2.45, 2.75) is 51.0 Å². The van der Waals surface area contributed by atoms with E-state index in [0.717, 1.165) is 18.4 Å². The van der Waals surface area contributed by atoms with E-state index >= 15 is 0 Å². The first-order chi connectivity index (χ1) is 16.2. The molecule has 34 heavy (non-hydrogen) atoms. The highest BCUT2D eigenvalue weighted by Gasteiger charge is 2.26. The molecule has 0 fully saturated rings. The van der Waals surface area contributed by atoms with Gasteiger partial charge >= 0.3 is 11.9 Å². The van der Waals surface area contributed by atoms with E-state index in [1.54, 1.807) is 12.1 Å². The normalized spacial score (nSPS) is 16.6. The van der Waals surface area contributed by atoms with E-state index in [1.165, 1.54) is 0 Å². The number of carboxylic acid groups (broad SMARTS) is 2. The summed E-state index contributed by atoms with van der Waals surface area (Å²) in [5, 5.41) is 23.6. The van der Waals surface area contributed by atoms with Crippen molar-refractivity contribution < 1.29 is 24.6 Å². The number of nitrogen functional groups attached to an aromatic ring is 1. The lowest BCUT2D eigenvalue weighted by molar-refractivity contribution is -0.140. The van der Waals surface area contributed by atoms with Crippen molar-refractivity contribution in [3.05, 3.63) is 51.3 Å². The molecule has 1 amide bonds. The summed E-state index contributed by atoms with van der Waals surface area (Å²) in [5.41, 5.74) is 7.31. The molecule has 11 heteroatoms. The van der Waals surface area contributed by atoms with Crippen LogP contribution in [0.1, 0.15) is 60.0 Å². The van der Waals surface area contributed by atoms with E-state index in [0.29, 0.717) is 29.9 Å². The van der Waals surface area contributed by atoms with Crippen LogP contribution in [0, 0.1) is 5.92 Å². The number of carbonyl (C=O) groups excluding carboxylic acids is 1. The molecule has 0 aliphatic carbocycles. The van der Waals surface area contributed by atoms with E-state index < -0.39 is 23.9 Å². The summed E-state index contributed by atoms with van der Waals surface area (Å²) >= 11 is 0. The quantitative estimate of drug-likeness (QED) is 0.299. The Kier molecular flexibility index (Phi) is 7.87. The summed E-state index contributed by atoms with van der Waals surface area (Å²) in [4.78, 5) is 53.4. The number of amides is 1. The molecule has 2 heterocycles. The van der Waals surface area contributed by atoms with Gasteiger partial charge in [0.15, 0.2) is 0 Å². The molecule has 1 aliphatic rings. The predicted molar refractivity (Wildman–Crippen MR) is 125 cm³/mol. The molecule has 0 spiro atoms. The second-order valence-electron chi connectivity index (χ2n) is 8.49. The van der Waals surface area contributed by atoms with Crippen molar-refractivity contribution in [1.82, 2.24) is 15.3 Å². The molecular weight excluding hydrogens is 442 g/mol. The first kappa shape index (κ1) is 24.7. The van der Waals surface area contributed by atoms with E-state index in [9.17, 15) is 24.3 Å². The summed E-state index contributed by atoms with van der Waals surface area (Å²) < 4.78 is 0. The lowest BCUT2D eigenvalue weighted by Crippen LogP contribution is -2.41. The molecule has 1 aromatic carbocycles. The average molecular weight is 472 g/mol. The Labute approximate surface area is 195 Å². The Balaban J connectivity index is 1.64. The Bertz CT molecular complexity index is 1110.